The van der Waals surface area contributed by atoms with E-state index in [4.69, 9.17) is 5.26 Å². The maximum atomic E-state index is 11.7. The third-order valence-electron chi connectivity index (χ3n) is 2.41. The topological polar surface area (TPSA) is 83.6 Å². The molecule has 1 unspecified atom stereocenters. The van der Waals surface area contributed by atoms with Gasteiger partial charge in [0.15, 0.2) is 0 Å². The van der Waals surface area contributed by atoms with Crippen molar-refractivity contribution >= 4 is 5.91 Å². The summed E-state index contributed by atoms with van der Waals surface area (Å²) in [6.45, 7) is 6.58. The second kappa shape index (κ2) is 5.99. The zero-order valence-electron chi connectivity index (χ0n) is 10.3. The van der Waals surface area contributed by atoms with Gasteiger partial charge >= 0.3 is 0 Å². The largest absolute Gasteiger partial charge is 0.354 e. The molecule has 0 radical (unpaired) electrons. The van der Waals surface area contributed by atoms with Crippen molar-refractivity contribution < 1.29 is 4.79 Å². The molecular formula is C11H17N5O. The number of aromatic nitrogens is 3. The van der Waals surface area contributed by atoms with Gasteiger partial charge in [0.1, 0.15) is 18.4 Å². The second-order valence-corrected chi connectivity index (χ2v) is 4.31. The van der Waals surface area contributed by atoms with Gasteiger partial charge in [-0.15, -0.1) is 5.10 Å². The fourth-order valence-electron chi connectivity index (χ4n) is 1.26. The molecule has 0 bridgehead atoms. The van der Waals surface area contributed by atoms with Crippen LogP contribution >= 0.6 is 0 Å². The molecule has 1 heterocycles. The fourth-order valence-corrected chi connectivity index (χ4v) is 1.26. The van der Waals surface area contributed by atoms with E-state index in [2.05, 4.69) is 29.2 Å². The molecule has 0 aliphatic heterocycles. The summed E-state index contributed by atoms with van der Waals surface area (Å²) < 4.78 is 1.39. The quantitative estimate of drug-likeness (QED) is 0.820. The first kappa shape index (κ1) is 13.2. The van der Waals surface area contributed by atoms with Gasteiger partial charge < -0.3 is 5.32 Å². The predicted octanol–water partition coefficient (Wildman–Crippen LogP) is 0.873. The first-order chi connectivity index (χ1) is 8.04. The van der Waals surface area contributed by atoms with Gasteiger partial charge in [0, 0.05) is 6.54 Å². The molecule has 1 rings (SSSR count). The van der Waals surface area contributed by atoms with E-state index in [0.717, 1.165) is 6.42 Å². The van der Waals surface area contributed by atoms with Crippen LogP contribution in [-0.2, 0) is 4.79 Å². The number of hydrogen-bond acceptors (Lipinski definition) is 4. The molecule has 92 valence electrons. The zero-order chi connectivity index (χ0) is 12.8. The Bertz CT molecular complexity index is 418. The Morgan fingerprint density at radius 2 is 2.29 bits per heavy atom. The van der Waals surface area contributed by atoms with Crippen molar-refractivity contribution in [1.29, 1.82) is 5.26 Å². The number of carbonyl (C=O) groups excluding carboxylic acids is 1. The molecule has 1 aromatic heterocycles. The lowest BCUT2D eigenvalue weighted by Crippen LogP contribution is -2.32. The summed E-state index contributed by atoms with van der Waals surface area (Å²) in [5, 5.41) is 15.3. The van der Waals surface area contributed by atoms with Crippen molar-refractivity contribution in [2.24, 2.45) is 5.92 Å². The monoisotopic (exact) mass is 235 g/mol. The van der Waals surface area contributed by atoms with Crippen molar-refractivity contribution in [3.05, 3.63) is 12.2 Å². The minimum absolute atomic E-state index is 0.0758. The highest BCUT2D eigenvalue weighted by Crippen LogP contribution is 2.04. The molecular weight excluding hydrogens is 218 g/mol. The number of nitriles is 1. The Balaban J connectivity index is 2.49. The third-order valence-corrected chi connectivity index (χ3v) is 2.41. The maximum Gasteiger partial charge on any atom is 0.252 e. The fraction of sp³-hybridized carbons (Fsp3) is 0.636. The standard InChI is InChI=1S/C11H17N5O/c1-8(2)4-5-13-11(17)9(3)16-7-14-10(6-12)15-16/h7-9H,4-5H2,1-3H3,(H,13,17). The van der Waals surface area contributed by atoms with Crippen LogP contribution in [0, 0.1) is 17.2 Å². The van der Waals surface area contributed by atoms with Crippen LogP contribution in [0.1, 0.15) is 39.1 Å². The van der Waals surface area contributed by atoms with Crippen molar-refractivity contribution in [2.45, 2.75) is 33.2 Å². The Hall–Kier alpha value is -1.90. The van der Waals surface area contributed by atoms with Crippen LogP contribution in [0.4, 0.5) is 0 Å². The molecule has 0 aliphatic carbocycles. The first-order valence-electron chi connectivity index (χ1n) is 5.63. The molecule has 17 heavy (non-hydrogen) atoms. The molecule has 1 aromatic rings. The van der Waals surface area contributed by atoms with Gasteiger partial charge in [-0.3, -0.25) is 4.79 Å². The summed E-state index contributed by atoms with van der Waals surface area (Å²) in [5.74, 6) is 0.522. The smallest absolute Gasteiger partial charge is 0.252 e. The van der Waals surface area contributed by atoms with E-state index < -0.39 is 6.04 Å². The summed E-state index contributed by atoms with van der Waals surface area (Å²) in [6, 6.07) is 1.38. The number of hydrogen-bond donors (Lipinski definition) is 1. The average molecular weight is 235 g/mol. The highest BCUT2D eigenvalue weighted by atomic mass is 16.2. The minimum atomic E-state index is -0.447. The Morgan fingerprint density at radius 1 is 1.59 bits per heavy atom. The molecule has 0 aliphatic rings. The minimum Gasteiger partial charge on any atom is -0.354 e. The Morgan fingerprint density at radius 3 is 2.82 bits per heavy atom. The SMILES string of the molecule is CC(C)CCNC(=O)C(C)n1cnc(C#N)n1. The molecule has 1 N–H and O–H groups in total. The number of rotatable bonds is 5. The average Bonchev–Trinajstić information content (AvgIpc) is 2.75. The highest BCUT2D eigenvalue weighted by Gasteiger charge is 2.16. The van der Waals surface area contributed by atoms with Gasteiger partial charge in [-0.05, 0) is 19.3 Å². The van der Waals surface area contributed by atoms with Crippen LogP contribution in [0.5, 0.6) is 0 Å². The first-order valence-corrected chi connectivity index (χ1v) is 5.63. The molecule has 1 atom stereocenters. The molecule has 0 fully saturated rings. The summed E-state index contributed by atoms with van der Waals surface area (Å²) in [5.41, 5.74) is 0. The van der Waals surface area contributed by atoms with E-state index in [1.54, 1.807) is 6.92 Å². The van der Waals surface area contributed by atoms with Crippen LogP contribution < -0.4 is 5.32 Å². The number of nitrogens with zero attached hydrogens (tertiary/aromatic N) is 4. The summed E-state index contributed by atoms with van der Waals surface area (Å²) in [6.07, 6.45) is 2.34. The number of nitrogens with one attached hydrogen (secondary N) is 1. The zero-order valence-corrected chi connectivity index (χ0v) is 10.3. The Labute approximate surface area is 101 Å². The highest BCUT2D eigenvalue weighted by molar-refractivity contribution is 5.79. The Kier molecular flexibility index (Phi) is 4.64. The molecule has 1 amide bonds. The third kappa shape index (κ3) is 3.87. The summed E-state index contributed by atoms with van der Waals surface area (Å²) >= 11 is 0. The molecule has 0 saturated heterocycles. The van der Waals surface area contributed by atoms with Crippen molar-refractivity contribution in [3.63, 3.8) is 0 Å². The molecule has 6 nitrogen and oxygen atoms in total. The lowest BCUT2D eigenvalue weighted by atomic mass is 10.1. The maximum absolute atomic E-state index is 11.7. The van der Waals surface area contributed by atoms with Gasteiger partial charge in [0.2, 0.25) is 5.91 Å². The van der Waals surface area contributed by atoms with Crippen molar-refractivity contribution in [2.75, 3.05) is 6.54 Å². The van der Waals surface area contributed by atoms with E-state index in [-0.39, 0.29) is 11.7 Å². The second-order valence-electron chi connectivity index (χ2n) is 4.31. The lowest BCUT2D eigenvalue weighted by Gasteiger charge is -2.12. The van der Waals surface area contributed by atoms with E-state index in [0.29, 0.717) is 12.5 Å². The van der Waals surface area contributed by atoms with Crippen molar-refractivity contribution in [3.8, 4) is 6.07 Å². The number of amides is 1. The summed E-state index contributed by atoms with van der Waals surface area (Å²) in [7, 11) is 0. The predicted molar refractivity (Wildman–Crippen MR) is 61.9 cm³/mol. The van der Waals surface area contributed by atoms with Crippen LogP contribution in [-0.4, -0.2) is 27.2 Å². The van der Waals surface area contributed by atoms with Crippen LogP contribution in [0.3, 0.4) is 0 Å². The molecule has 6 heteroatoms. The molecule has 0 saturated carbocycles. The molecule has 0 spiro atoms. The van der Waals surface area contributed by atoms with Crippen molar-refractivity contribution in [1.82, 2.24) is 20.1 Å². The van der Waals surface area contributed by atoms with Crippen LogP contribution in [0.15, 0.2) is 6.33 Å². The van der Waals surface area contributed by atoms with E-state index in [1.165, 1.54) is 11.0 Å². The van der Waals surface area contributed by atoms with Crippen LogP contribution in [0.2, 0.25) is 0 Å². The lowest BCUT2D eigenvalue weighted by molar-refractivity contribution is -0.124. The van der Waals surface area contributed by atoms with E-state index >= 15 is 0 Å². The van der Waals surface area contributed by atoms with Gasteiger partial charge in [-0.2, -0.15) is 5.26 Å². The van der Waals surface area contributed by atoms with E-state index in [9.17, 15) is 4.79 Å². The summed E-state index contributed by atoms with van der Waals surface area (Å²) in [4.78, 5) is 15.5. The molecule has 0 aromatic carbocycles. The van der Waals surface area contributed by atoms with E-state index in [1.807, 2.05) is 6.07 Å². The normalized spacial score (nSPS) is 12.2. The number of carbonyl (C=O) groups is 1. The van der Waals surface area contributed by atoms with Gasteiger partial charge in [0.25, 0.3) is 5.82 Å². The van der Waals surface area contributed by atoms with Gasteiger partial charge in [-0.25, -0.2) is 9.67 Å². The van der Waals surface area contributed by atoms with Crippen LogP contribution in [0.25, 0.3) is 0 Å². The van der Waals surface area contributed by atoms with Gasteiger partial charge in [-0.1, -0.05) is 13.8 Å². The van der Waals surface area contributed by atoms with Gasteiger partial charge in [0.05, 0.1) is 0 Å².